The molecule has 5 heteroatoms. The molecule has 0 atom stereocenters. The number of nitrogens with zero attached hydrogens (tertiary/aromatic N) is 1. The SMILES string of the molecule is COC(=O)c1cn(-c2ccc(Cl)cc2)c2c(C)ccc(C)c2c1=O. The number of benzene rings is 2. The summed E-state index contributed by atoms with van der Waals surface area (Å²) in [5, 5.41) is 1.14. The number of aromatic nitrogens is 1. The minimum Gasteiger partial charge on any atom is -0.465 e. The van der Waals surface area contributed by atoms with E-state index in [-0.39, 0.29) is 11.0 Å². The highest BCUT2D eigenvalue weighted by atomic mass is 35.5. The van der Waals surface area contributed by atoms with Gasteiger partial charge in [0.25, 0.3) is 0 Å². The predicted molar refractivity (Wildman–Crippen MR) is 95.4 cm³/mol. The second-order valence-electron chi connectivity index (χ2n) is 5.63. The van der Waals surface area contributed by atoms with E-state index in [0.717, 1.165) is 22.3 Å². The maximum atomic E-state index is 12.8. The van der Waals surface area contributed by atoms with Crippen LogP contribution in [0.3, 0.4) is 0 Å². The monoisotopic (exact) mass is 341 g/mol. The molecule has 0 aliphatic carbocycles. The number of pyridine rings is 1. The van der Waals surface area contributed by atoms with Crippen LogP contribution in [-0.4, -0.2) is 17.6 Å². The summed E-state index contributed by atoms with van der Waals surface area (Å²) in [6.45, 7) is 3.79. The van der Waals surface area contributed by atoms with E-state index in [0.29, 0.717) is 10.4 Å². The van der Waals surface area contributed by atoms with Crippen LogP contribution in [0.2, 0.25) is 5.02 Å². The molecule has 1 aromatic heterocycles. The molecule has 0 saturated heterocycles. The van der Waals surface area contributed by atoms with E-state index < -0.39 is 5.97 Å². The Bertz CT molecular complexity index is 1000. The van der Waals surface area contributed by atoms with Gasteiger partial charge in [-0.1, -0.05) is 23.7 Å². The molecule has 0 radical (unpaired) electrons. The highest BCUT2D eigenvalue weighted by molar-refractivity contribution is 6.30. The van der Waals surface area contributed by atoms with Gasteiger partial charge in [0.1, 0.15) is 5.56 Å². The van der Waals surface area contributed by atoms with Crippen molar-refractivity contribution < 1.29 is 9.53 Å². The van der Waals surface area contributed by atoms with Crippen LogP contribution >= 0.6 is 11.6 Å². The van der Waals surface area contributed by atoms with Gasteiger partial charge in [-0.25, -0.2) is 4.79 Å². The van der Waals surface area contributed by atoms with E-state index in [9.17, 15) is 9.59 Å². The van der Waals surface area contributed by atoms with E-state index in [4.69, 9.17) is 16.3 Å². The third-order valence-corrected chi connectivity index (χ3v) is 4.32. The van der Waals surface area contributed by atoms with Gasteiger partial charge in [0.05, 0.1) is 18.0 Å². The van der Waals surface area contributed by atoms with Crippen LogP contribution in [0.15, 0.2) is 47.4 Å². The first-order valence-electron chi connectivity index (χ1n) is 7.44. The Morgan fingerprint density at radius 1 is 1.04 bits per heavy atom. The number of aryl methyl sites for hydroxylation is 2. The lowest BCUT2D eigenvalue weighted by Gasteiger charge is -2.16. The number of carbonyl (C=O) groups is 1. The average molecular weight is 342 g/mol. The largest absolute Gasteiger partial charge is 0.465 e. The lowest BCUT2D eigenvalue weighted by Crippen LogP contribution is -2.20. The molecule has 0 bridgehead atoms. The summed E-state index contributed by atoms with van der Waals surface area (Å²) in [5.74, 6) is -0.648. The van der Waals surface area contributed by atoms with Crippen LogP contribution in [-0.2, 0) is 4.74 Å². The molecule has 0 aliphatic rings. The second kappa shape index (κ2) is 6.13. The van der Waals surface area contributed by atoms with Crippen molar-refractivity contribution in [2.24, 2.45) is 0 Å². The maximum absolute atomic E-state index is 12.8. The Balaban J connectivity index is 2.49. The van der Waals surface area contributed by atoms with Crippen molar-refractivity contribution in [2.75, 3.05) is 7.11 Å². The first kappa shape index (κ1) is 16.3. The van der Waals surface area contributed by atoms with Crippen LogP contribution in [0.5, 0.6) is 0 Å². The third kappa shape index (κ3) is 2.59. The Kier molecular flexibility index (Phi) is 4.16. The van der Waals surface area contributed by atoms with Gasteiger partial charge in [-0.3, -0.25) is 4.79 Å². The highest BCUT2D eigenvalue weighted by Crippen LogP contribution is 2.24. The molecule has 0 spiro atoms. The quantitative estimate of drug-likeness (QED) is 0.661. The molecule has 4 nitrogen and oxygen atoms in total. The molecular weight excluding hydrogens is 326 g/mol. The minimum absolute atomic E-state index is 0.00801. The Hall–Kier alpha value is -2.59. The van der Waals surface area contributed by atoms with Crippen molar-refractivity contribution in [3.05, 3.63) is 74.5 Å². The smallest absolute Gasteiger partial charge is 0.343 e. The number of ether oxygens (including phenoxy) is 1. The standard InChI is InChI=1S/C19H16ClNO3/c1-11-4-5-12(2)17-16(11)18(22)15(19(23)24-3)10-21(17)14-8-6-13(20)7-9-14/h4-10H,1-3H3. The lowest BCUT2D eigenvalue weighted by molar-refractivity contribution is 0.0599. The molecule has 1 heterocycles. The molecular formula is C19H16ClNO3. The number of esters is 1. The van der Waals surface area contributed by atoms with Crippen LogP contribution in [0, 0.1) is 13.8 Å². The Morgan fingerprint density at radius 2 is 1.67 bits per heavy atom. The Labute approximate surface area is 144 Å². The molecule has 0 fully saturated rings. The summed E-state index contributed by atoms with van der Waals surface area (Å²) >= 11 is 5.97. The maximum Gasteiger partial charge on any atom is 0.343 e. The molecule has 0 N–H and O–H groups in total. The summed E-state index contributed by atoms with van der Waals surface area (Å²) in [4.78, 5) is 24.9. The highest BCUT2D eigenvalue weighted by Gasteiger charge is 2.19. The van der Waals surface area contributed by atoms with Gasteiger partial charge in [-0.15, -0.1) is 0 Å². The zero-order valence-corrected chi connectivity index (χ0v) is 14.3. The molecule has 2 aromatic carbocycles. The topological polar surface area (TPSA) is 48.3 Å². The zero-order chi connectivity index (χ0) is 17.4. The fourth-order valence-corrected chi connectivity index (χ4v) is 2.97. The van der Waals surface area contributed by atoms with E-state index in [2.05, 4.69) is 0 Å². The van der Waals surface area contributed by atoms with Gasteiger partial charge in [-0.2, -0.15) is 0 Å². The number of hydrogen-bond acceptors (Lipinski definition) is 3. The number of rotatable bonds is 2. The van der Waals surface area contributed by atoms with E-state index in [1.807, 2.05) is 42.7 Å². The molecule has 0 amide bonds. The van der Waals surface area contributed by atoms with Crippen molar-refractivity contribution in [3.8, 4) is 5.69 Å². The molecule has 24 heavy (non-hydrogen) atoms. The zero-order valence-electron chi connectivity index (χ0n) is 13.6. The fourth-order valence-electron chi connectivity index (χ4n) is 2.84. The molecule has 3 aromatic rings. The Morgan fingerprint density at radius 3 is 2.29 bits per heavy atom. The van der Waals surface area contributed by atoms with E-state index in [1.54, 1.807) is 12.1 Å². The summed E-state index contributed by atoms with van der Waals surface area (Å²) in [5.41, 5.74) is 3.03. The van der Waals surface area contributed by atoms with Crippen molar-refractivity contribution >= 4 is 28.5 Å². The van der Waals surface area contributed by atoms with E-state index >= 15 is 0 Å². The van der Waals surface area contributed by atoms with Crippen LogP contribution in [0.1, 0.15) is 21.5 Å². The van der Waals surface area contributed by atoms with Gasteiger partial charge in [-0.05, 0) is 49.2 Å². The number of carbonyl (C=O) groups excluding carboxylic acids is 1. The fraction of sp³-hybridized carbons (Fsp3) is 0.158. The molecule has 3 rings (SSSR count). The molecule has 0 aliphatic heterocycles. The normalized spacial score (nSPS) is 10.8. The molecule has 122 valence electrons. The predicted octanol–water partition coefficient (Wildman–Crippen LogP) is 4.05. The van der Waals surface area contributed by atoms with Crippen molar-refractivity contribution in [3.63, 3.8) is 0 Å². The van der Waals surface area contributed by atoms with Crippen molar-refractivity contribution in [1.29, 1.82) is 0 Å². The van der Waals surface area contributed by atoms with Crippen LogP contribution in [0.25, 0.3) is 16.6 Å². The molecule has 0 saturated carbocycles. The lowest BCUT2D eigenvalue weighted by atomic mass is 10.0. The first-order chi connectivity index (χ1) is 11.4. The summed E-state index contributed by atoms with van der Waals surface area (Å²) in [7, 11) is 1.27. The van der Waals surface area contributed by atoms with Gasteiger partial charge in [0, 0.05) is 16.9 Å². The van der Waals surface area contributed by atoms with Gasteiger partial charge < -0.3 is 9.30 Å². The van der Waals surface area contributed by atoms with Crippen LogP contribution in [0.4, 0.5) is 0 Å². The van der Waals surface area contributed by atoms with E-state index in [1.165, 1.54) is 13.3 Å². The number of methoxy groups -OCH3 is 1. The molecule has 0 unspecified atom stereocenters. The third-order valence-electron chi connectivity index (χ3n) is 4.07. The van der Waals surface area contributed by atoms with Crippen molar-refractivity contribution in [1.82, 2.24) is 4.57 Å². The average Bonchev–Trinajstić information content (AvgIpc) is 2.58. The van der Waals surface area contributed by atoms with Crippen molar-refractivity contribution in [2.45, 2.75) is 13.8 Å². The first-order valence-corrected chi connectivity index (χ1v) is 7.81. The summed E-state index contributed by atoms with van der Waals surface area (Å²) in [6.07, 6.45) is 1.53. The van der Waals surface area contributed by atoms with Gasteiger partial charge >= 0.3 is 5.97 Å². The van der Waals surface area contributed by atoms with Crippen LogP contribution < -0.4 is 5.43 Å². The summed E-state index contributed by atoms with van der Waals surface area (Å²) in [6, 6.07) is 11.1. The van der Waals surface area contributed by atoms with Gasteiger partial charge in [0.15, 0.2) is 0 Å². The minimum atomic E-state index is -0.648. The second-order valence-corrected chi connectivity index (χ2v) is 6.07. The van der Waals surface area contributed by atoms with Gasteiger partial charge in [0.2, 0.25) is 5.43 Å². The number of halogens is 1. The number of fused-ring (bicyclic) bond motifs is 1. The number of hydrogen-bond donors (Lipinski definition) is 0. The summed E-state index contributed by atoms with van der Waals surface area (Å²) < 4.78 is 6.61.